The molecule has 1 fully saturated rings. The van der Waals surface area contributed by atoms with Crippen LogP contribution in [0.25, 0.3) is 0 Å². The van der Waals surface area contributed by atoms with Gasteiger partial charge < -0.3 is 26.4 Å². The van der Waals surface area contributed by atoms with E-state index in [1.807, 2.05) is 0 Å². The number of benzene rings is 1. The molecule has 0 radical (unpaired) electrons. The van der Waals surface area contributed by atoms with Crippen LogP contribution in [0.4, 0.5) is 13.2 Å². The Morgan fingerprint density at radius 3 is 2.34 bits per heavy atom. The number of primary amides is 1. The summed E-state index contributed by atoms with van der Waals surface area (Å²) in [6.45, 7) is 2.91. The Hall–Kier alpha value is -3.64. The smallest absolute Gasteiger partial charge is 0.309 e. The molecule has 0 aromatic heterocycles. The number of carbonyl (C=O) groups excluding carboxylic acids is 5. The van der Waals surface area contributed by atoms with Gasteiger partial charge in [-0.15, -0.1) is 0 Å². The number of amides is 4. The van der Waals surface area contributed by atoms with Crippen molar-refractivity contribution >= 4 is 29.4 Å². The highest BCUT2D eigenvalue weighted by atomic mass is 19.2. The van der Waals surface area contributed by atoms with Gasteiger partial charge in [-0.3, -0.25) is 24.0 Å². The van der Waals surface area contributed by atoms with E-state index in [0.29, 0.717) is 25.1 Å². The Morgan fingerprint density at radius 2 is 1.77 bits per heavy atom. The molecule has 1 aromatic rings. The van der Waals surface area contributed by atoms with E-state index in [1.54, 1.807) is 13.8 Å². The van der Waals surface area contributed by atoms with Crippen LogP contribution in [-0.4, -0.2) is 54.6 Å². The fraction of sp³-hybridized carbons (Fsp3) is 0.500. The molecule has 5 N–H and O–H groups in total. The molecule has 1 saturated heterocycles. The van der Waals surface area contributed by atoms with Crippen molar-refractivity contribution in [3.63, 3.8) is 0 Å². The zero-order valence-corrected chi connectivity index (χ0v) is 19.2. The third kappa shape index (κ3) is 7.69. The van der Waals surface area contributed by atoms with E-state index >= 15 is 0 Å². The van der Waals surface area contributed by atoms with Crippen LogP contribution in [0.3, 0.4) is 0 Å². The quantitative estimate of drug-likeness (QED) is 0.249. The molecule has 2 rings (SSSR count). The van der Waals surface area contributed by atoms with Crippen LogP contribution in [0.2, 0.25) is 0 Å². The average Bonchev–Trinajstić information content (AvgIpc) is 3.19. The van der Waals surface area contributed by atoms with Gasteiger partial charge in [-0.25, -0.2) is 8.78 Å². The second-order valence-electron chi connectivity index (χ2n) is 8.52. The van der Waals surface area contributed by atoms with Crippen LogP contribution in [-0.2, 0) is 24.0 Å². The van der Waals surface area contributed by atoms with Crippen molar-refractivity contribution in [2.75, 3.05) is 13.2 Å². The molecule has 0 spiro atoms. The highest BCUT2D eigenvalue weighted by Crippen LogP contribution is 2.24. The first-order valence-electron chi connectivity index (χ1n) is 10.9. The van der Waals surface area contributed by atoms with Gasteiger partial charge in [-0.05, 0) is 37.3 Å². The van der Waals surface area contributed by atoms with E-state index in [4.69, 9.17) is 10.5 Å². The van der Waals surface area contributed by atoms with Crippen molar-refractivity contribution in [3.05, 3.63) is 29.6 Å². The van der Waals surface area contributed by atoms with E-state index in [-0.39, 0.29) is 24.7 Å². The normalized spacial score (nSPS) is 16.9. The summed E-state index contributed by atoms with van der Waals surface area (Å²) in [7, 11) is 0. The van der Waals surface area contributed by atoms with Gasteiger partial charge in [0.05, 0.1) is 6.04 Å². The lowest BCUT2D eigenvalue weighted by molar-refractivity contribution is -0.139. The fourth-order valence-electron chi connectivity index (χ4n) is 3.51. The van der Waals surface area contributed by atoms with Crippen molar-refractivity contribution in [2.45, 2.75) is 45.2 Å². The van der Waals surface area contributed by atoms with Crippen LogP contribution in [0.15, 0.2) is 12.1 Å². The summed E-state index contributed by atoms with van der Waals surface area (Å²) < 4.78 is 46.0. The van der Waals surface area contributed by atoms with E-state index in [1.165, 1.54) is 0 Å². The first-order chi connectivity index (χ1) is 16.4. The summed E-state index contributed by atoms with van der Waals surface area (Å²) in [4.78, 5) is 60.6. The molecule has 1 aromatic carbocycles. The van der Waals surface area contributed by atoms with Crippen LogP contribution in [0.5, 0.6) is 5.75 Å². The number of Topliss-reactive ketones (excluding diaryl/α,β-unsaturated/α-hetero) is 1. The second-order valence-corrected chi connectivity index (χ2v) is 8.52. The maximum absolute atomic E-state index is 13.9. The summed E-state index contributed by atoms with van der Waals surface area (Å²) >= 11 is 0. The molecule has 1 aliphatic heterocycles. The van der Waals surface area contributed by atoms with Crippen molar-refractivity contribution in [1.29, 1.82) is 0 Å². The topological polar surface area (TPSA) is 157 Å². The van der Waals surface area contributed by atoms with E-state index < -0.39 is 71.3 Å². The maximum Gasteiger partial charge on any atom is 0.309 e. The van der Waals surface area contributed by atoms with Crippen LogP contribution < -0.4 is 26.4 Å². The minimum absolute atomic E-state index is 0.0892. The number of rotatable bonds is 11. The molecule has 192 valence electrons. The van der Waals surface area contributed by atoms with Gasteiger partial charge in [-0.1, -0.05) is 13.8 Å². The van der Waals surface area contributed by atoms with Gasteiger partial charge in [0.25, 0.3) is 0 Å². The minimum Gasteiger partial charge on any atom is -0.480 e. The van der Waals surface area contributed by atoms with Crippen molar-refractivity contribution in [1.82, 2.24) is 16.0 Å². The molecule has 35 heavy (non-hydrogen) atoms. The van der Waals surface area contributed by atoms with Gasteiger partial charge in [0, 0.05) is 12.5 Å². The van der Waals surface area contributed by atoms with E-state index in [0.717, 1.165) is 0 Å². The predicted molar refractivity (Wildman–Crippen MR) is 115 cm³/mol. The average molecular weight is 500 g/mol. The molecule has 13 heteroatoms. The number of halogens is 3. The van der Waals surface area contributed by atoms with Crippen molar-refractivity contribution in [3.8, 4) is 5.75 Å². The Bertz CT molecular complexity index is 1000. The second kappa shape index (κ2) is 12.2. The molecule has 10 nitrogen and oxygen atoms in total. The van der Waals surface area contributed by atoms with Crippen LogP contribution >= 0.6 is 0 Å². The number of nitrogens with two attached hydrogens (primary N) is 1. The lowest BCUT2D eigenvalue weighted by Crippen LogP contribution is -2.54. The maximum atomic E-state index is 13.9. The molecule has 0 saturated carbocycles. The van der Waals surface area contributed by atoms with Crippen molar-refractivity contribution < 1.29 is 41.9 Å². The molecular weight excluding hydrogens is 473 g/mol. The third-order valence-electron chi connectivity index (χ3n) is 5.30. The highest BCUT2D eigenvalue weighted by Gasteiger charge is 2.34. The molecule has 0 aliphatic carbocycles. The summed E-state index contributed by atoms with van der Waals surface area (Å²) in [5.41, 5.74) is 4.93. The zero-order chi connectivity index (χ0) is 26.3. The number of hydrogen-bond acceptors (Lipinski definition) is 6. The van der Waals surface area contributed by atoms with E-state index in [9.17, 15) is 37.1 Å². The molecule has 0 unspecified atom stereocenters. The molecule has 3 atom stereocenters. The minimum atomic E-state index is -1.63. The van der Waals surface area contributed by atoms with Gasteiger partial charge in [0.1, 0.15) is 12.6 Å². The van der Waals surface area contributed by atoms with Crippen molar-refractivity contribution in [2.24, 2.45) is 17.6 Å². The number of carbonyl (C=O) groups is 5. The lowest BCUT2D eigenvalue weighted by atomic mass is 9.95. The van der Waals surface area contributed by atoms with Gasteiger partial charge in [0.2, 0.25) is 17.6 Å². The molecule has 1 heterocycles. The molecule has 0 bridgehead atoms. The Labute approximate surface area is 199 Å². The largest absolute Gasteiger partial charge is 0.480 e. The third-order valence-corrected chi connectivity index (χ3v) is 5.30. The fourth-order valence-corrected chi connectivity index (χ4v) is 3.51. The predicted octanol–water partition coefficient (Wildman–Crippen LogP) is 0.0790. The number of hydrogen-bond donors (Lipinski definition) is 4. The standard InChI is InChI=1S/C22H27F3N4O6/c1-10(2)7-15(29-22(34)19(26)31)21(33)28-14(8-11-5-6-27-20(11)32)16(30)9-35-18-13(24)4-3-12(23)17(18)25/h3-4,10-11,14-15H,5-9H2,1-2H3,(H2,26,31)(H,27,32)(H,28,33)(H,29,34)/t11-,14-,15-/m0/s1. The zero-order valence-electron chi connectivity index (χ0n) is 19.2. The van der Waals surface area contributed by atoms with Gasteiger partial charge >= 0.3 is 11.8 Å². The Balaban J connectivity index is 2.20. The van der Waals surface area contributed by atoms with Crippen LogP contribution in [0, 0.1) is 29.3 Å². The lowest BCUT2D eigenvalue weighted by Gasteiger charge is -2.25. The SMILES string of the molecule is CC(C)C[C@H](NC(=O)C(N)=O)C(=O)N[C@@H](C[C@@H]1CCNC1=O)C(=O)COc1c(F)ccc(F)c1F. The first-order valence-corrected chi connectivity index (χ1v) is 10.9. The molecular formula is C22H27F3N4O6. The Kier molecular flexibility index (Phi) is 9.60. The summed E-state index contributed by atoms with van der Waals surface area (Å²) in [5.74, 6) is -10.7. The Morgan fingerprint density at radius 1 is 1.11 bits per heavy atom. The monoisotopic (exact) mass is 500 g/mol. The number of ketones is 1. The summed E-state index contributed by atoms with van der Waals surface area (Å²) in [6, 6.07) is -1.41. The summed E-state index contributed by atoms with van der Waals surface area (Å²) in [5, 5.41) is 7.19. The number of nitrogens with one attached hydrogen (secondary N) is 3. The van der Waals surface area contributed by atoms with Gasteiger partial charge in [-0.2, -0.15) is 4.39 Å². The van der Waals surface area contributed by atoms with Gasteiger partial charge in [0.15, 0.2) is 23.2 Å². The summed E-state index contributed by atoms with van der Waals surface area (Å²) in [6.07, 6.45) is 0.304. The molecule has 1 aliphatic rings. The first kappa shape index (κ1) is 27.6. The highest BCUT2D eigenvalue weighted by molar-refractivity contribution is 6.34. The van der Waals surface area contributed by atoms with E-state index in [2.05, 4.69) is 16.0 Å². The number of ether oxygens (including phenoxy) is 1. The molecule has 4 amide bonds. The van der Waals surface area contributed by atoms with Crippen LogP contribution in [0.1, 0.15) is 33.1 Å².